The van der Waals surface area contributed by atoms with E-state index in [1.807, 2.05) is 18.5 Å². The van der Waals surface area contributed by atoms with E-state index in [1.54, 1.807) is 0 Å². The highest BCUT2D eigenvalue weighted by Crippen LogP contribution is 2.26. The lowest BCUT2D eigenvalue weighted by Gasteiger charge is -2.21. The Balaban J connectivity index is 1.56. The van der Waals surface area contributed by atoms with Crippen LogP contribution >= 0.6 is 11.8 Å². The number of amides is 1. The van der Waals surface area contributed by atoms with Crippen molar-refractivity contribution in [2.45, 2.75) is 50.7 Å². The molecule has 2 aromatic rings. The highest BCUT2D eigenvalue weighted by atomic mass is 32.2. The van der Waals surface area contributed by atoms with Crippen LogP contribution in [-0.2, 0) is 11.8 Å². The minimum absolute atomic E-state index is 0.0113. The van der Waals surface area contributed by atoms with E-state index < -0.39 is 0 Å². The first kappa shape index (κ1) is 19.9. The predicted octanol–water partition coefficient (Wildman–Crippen LogP) is 2.87. The highest BCUT2D eigenvalue weighted by Gasteiger charge is 2.22. The molecule has 0 saturated carbocycles. The van der Waals surface area contributed by atoms with E-state index in [-0.39, 0.29) is 11.9 Å². The van der Waals surface area contributed by atoms with Crippen molar-refractivity contribution in [1.82, 2.24) is 25.4 Å². The van der Waals surface area contributed by atoms with Gasteiger partial charge in [0.2, 0.25) is 5.91 Å². The summed E-state index contributed by atoms with van der Waals surface area (Å²) in [7, 11) is 2.00. The molecule has 1 aromatic carbocycles. The molecule has 0 unspecified atom stereocenters. The molecule has 1 aromatic heterocycles. The van der Waals surface area contributed by atoms with Crippen LogP contribution in [0.15, 0.2) is 23.4 Å². The Morgan fingerprint density at radius 1 is 1.33 bits per heavy atom. The number of hydrogen-bond donors (Lipinski definition) is 2. The minimum Gasteiger partial charge on any atom is -0.349 e. The molecule has 1 aliphatic heterocycles. The molecular formula is C20H29N5OS. The standard InChI is InChI=1S/C20H29N5OS/c1-13-5-6-14(2)17(11-13)15(3)22-18(26)12-27-20-24-23-19(25(20)4)16-7-9-21-10-8-16/h5-6,11,15-16,21H,7-10,12H2,1-4H3,(H,22,26)/t15-/m1/s1. The number of hydrogen-bond acceptors (Lipinski definition) is 5. The fraction of sp³-hybridized carbons (Fsp3) is 0.550. The highest BCUT2D eigenvalue weighted by molar-refractivity contribution is 7.99. The van der Waals surface area contributed by atoms with Crippen LogP contribution in [0.1, 0.15) is 54.2 Å². The zero-order valence-corrected chi connectivity index (χ0v) is 17.4. The molecule has 1 aliphatic rings. The van der Waals surface area contributed by atoms with Crippen LogP contribution in [0, 0.1) is 13.8 Å². The number of carbonyl (C=O) groups excluding carboxylic acids is 1. The van der Waals surface area contributed by atoms with Crippen molar-refractivity contribution in [2.75, 3.05) is 18.8 Å². The van der Waals surface area contributed by atoms with Crippen LogP contribution in [0.3, 0.4) is 0 Å². The van der Waals surface area contributed by atoms with E-state index in [4.69, 9.17) is 0 Å². The van der Waals surface area contributed by atoms with Crippen LogP contribution < -0.4 is 10.6 Å². The Labute approximate surface area is 165 Å². The summed E-state index contributed by atoms with van der Waals surface area (Å²) in [6.07, 6.45) is 2.18. The summed E-state index contributed by atoms with van der Waals surface area (Å²) in [5, 5.41) is 16.0. The Hall–Kier alpha value is -1.86. The topological polar surface area (TPSA) is 71.8 Å². The third-order valence-electron chi connectivity index (χ3n) is 5.18. The summed E-state index contributed by atoms with van der Waals surface area (Å²) in [5.41, 5.74) is 3.57. The second kappa shape index (κ2) is 8.89. The number of nitrogens with zero attached hydrogens (tertiary/aromatic N) is 3. The van der Waals surface area contributed by atoms with Crippen LogP contribution in [0.2, 0.25) is 0 Å². The van der Waals surface area contributed by atoms with Crippen molar-refractivity contribution in [3.8, 4) is 0 Å². The molecule has 1 saturated heterocycles. The van der Waals surface area contributed by atoms with Crippen molar-refractivity contribution < 1.29 is 4.79 Å². The number of nitrogens with one attached hydrogen (secondary N) is 2. The quantitative estimate of drug-likeness (QED) is 0.746. The molecule has 1 fully saturated rings. The lowest BCUT2D eigenvalue weighted by Crippen LogP contribution is -2.29. The Bertz CT molecular complexity index is 798. The summed E-state index contributed by atoms with van der Waals surface area (Å²) in [6.45, 7) is 8.23. The van der Waals surface area contributed by atoms with E-state index in [9.17, 15) is 4.79 Å². The molecular weight excluding hydrogens is 358 g/mol. The summed E-state index contributed by atoms with van der Waals surface area (Å²) >= 11 is 1.45. The largest absolute Gasteiger partial charge is 0.349 e. The maximum Gasteiger partial charge on any atom is 0.230 e. The lowest BCUT2D eigenvalue weighted by atomic mass is 9.97. The van der Waals surface area contributed by atoms with Gasteiger partial charge in [0.15, 0.2) is 5.16 Å². The Kier molecular flexibility index (Phi) is 6.55. The second-order valence-corrected chi connectivity index (χ2v) is 8.30. The average molecular weight is 388 g/mol. The molecule has 6 nitrogen and oxygen atoms in total. The van der Waals surface area contributed by atoms with Gasteiger partial charge in [0.05, 0.1) is 11.8 Å². The number of rotatable bonds is 6. The number of benzene rings is 1. The predicted molar refractivity (Wildman–Crippen MR) is 109 cm³/mol. The van der Waals surface area contributed by atoms with Crippen molar-refractivity contribution in [1.29, 1.82) is 0 Å². The van der Waals surface area contributed by atoms with E-state index in [1.165, 1.54) is 28.5 Å². The Morgan fingerprint density at radius 3 is 2.81 bits per heavy atom. The van der Waals surface area contributed by atoms with Gasteiger partial charge in [-0.3, -0.25) is 4.79 Å². The van der Waals surface area contributed by atoms with Crippen molar-refractivity contribution in [3.63, 3.8) is 0 Å². The minimum atomic E-state index is -0.0113. The van der Waals surface area contributed by atoms with Gasteiger partial charge in [-0.2, -0.15) is 0 Å². The van der Waals surface area contributed by atoms with Gasteiger partial charge in [-0.1, -0.05) is 35.5 Å². The first-order valence-electron chi connectivity index (χ1n) is 9.55. The maximum atomic E-state index is 12.4. The van der Waals surface area contributed by atoms with Crippen LogP contribution in [0.25, 0.3) is 0 Å². The van der Waals surface area contributed by atoms with Crippen LogP contribution in [0.5, 0.6) is 0 Å². The third-order valence-corrected chi connectivity index (χ3v) is 6.20. The van der Waals surface area contributed by atoms with Crippen LogP contribution in [-0.4, -0.2) is 39.5 Å². The summed E-state index contributed by atoms with van der Waals surface area (Å²) < 4.78 is 2.04. The molecule has 0 bridgehead atoms. The summed E-state index contributed by atoms with van der Waals surface area (Å²) in [6, 6.07) is 6.32. The monoisotopic (exact) mass is 387 g/mol. The maximum absolute atomic E-state index is 12.4. The van der Waals surface area contributed by atoms with Gasteiger partial charge < -0.3 is 15.2 Å². The molecule has 27 heavy (non-hydrogen) atoms. The second-order valence-electron chi connectivity index (χ2n) is 7.36. The molecule has 3 rings (SSSR count). The van der Waals surface area contributed by atoms with Crippen molar-refractivity contribution >= 4 is 17.7 Å². The first-order valence-corrected chi connectivity index (χ1v) is 10.5. The van der Waals surface area contributed by atoms with E-state index >= 15 is 0 Å². The summed E-state index contributed by atoms with van der Waals surface area (Å²) in [5.74, 6) is 1.84. The molecule has 2 heterocycles. The fourth-order valence-corrected chi connectivity index (χ4v) is 4.33. The Morgan fingerprint density at radius 2 is 2.07 bits per heavy atom. The molecule has 2 N–H and O–H groups in total. The molecule has 7 heteroatoms. The molecule has 0 aliphatic carbocycles. The average Bonchev–Trinajstić information content (AvgIpc) is 3.03. The smallest absolute Gasteiger partial charge is 0.230 e. The van der Waals surface area contributed by atoms with Gasteiger partial charge in [-0.15, -0.1) is 10.2 Å². The number of thioether (sulfide) groups is 1. The SMILES string of the molecule is Cc1ccc(C)c([C@@H](C)NC(=O)CSc2nnc(C3CCNCC3)n2C)c1. The molecule has 1 amide bonds. The normalized spacial score (nSPS) is 16.3. The van der Waals surface area contributed by atoms with Gasteiger partial charge in [0, 0.05) is 13.0 Å². The van der Waals surface area contributed by atoms with Crippen molar-refractivity contribution in [2.24, 2.45) is 7.05 Å². The van der Waals surface area contributed by atoms with Crippen molar-refractivity contribution in [3.05, 3.63) is 40.7 Å². The zero-order valence-electron chi connectivity index (χ0n) is 16.6. The number of aryl methyl sites for hydroxylation is 2. The van der Waals surface area contributed by atoms with E-state index in [2.05, 4.69) is 52.9 Å². The lowest BCUT2D eigenvalue weighted by molar-refractivity contribution is -0.119. The third kappa shape index (κ3) is 4.90. The van der Waals surface area contributed by atoms with Gasteiger partial charge in [-0.05, 0) is 57.8 Å². The van der Waals surface area contributed by atoms with E-state index in [0.29, 0.717) is 11.7 Å². The molecule has 146 valence electrons. The van der Waals surface area contributed by atoms with Gasteiger partial charge in [0.1, 0.15) is 5.82 Å². The first-order chi connectivity index (χ1) is 13.0. The molecule has 0 radical (unpaired) electrons. The van der Waals surface area contributed by atoms with Gasteiger partial charge >= 0.3 is 0 Å². The number of carbonyl (C=O) groups is 1. The zero-order chi connectivity index (χ0) is 19.4. The van der Waals surface area contributed by atoms with Crippen LogP contribution in [0.4, 0.5) is 0 Å². The summed E-state index contributed by atoms with van der Waals surface area (Å²) in [4.78, 5) is 12.4. The number of aromatic nitrogens is 3. The fourth-order valence-electron chi connectivity index (χ4n) is 3.60. The molecule has 0 spiro atoms. The molecule has 1 atom stereocenters. The van der Waals surface area contributed by atoms with E-state index in [0.717, 1.165) is 36.9 Å². The van der Waals surface area contributed by atoms with Gasteiger partial charge in [-0.25, -0.2) is 0 Å². The van der Waals surface area contributed by atoms with Gasteiger partial charge in [0.25, 0.3) is 0 Å². The number of piperidine rings is 1.